The van der Waals surface area contributed by atoms with Crippen LogP contribution in [0.25, 0.3) is 0 Å². The number of carbonyl (C=O) groups is 2. The number of hydrogen-bond donors (Lipinski definition) is 0. The summed E-state index contributed by atoms with van der Waals surface area (Å²) >= 11 is 7.60. The molecule has 1 amide bonds. The second-order valence-corrected chi connectivity index (χ2v) is 9.47. The van der Waals surface area contributed by atoms with Gasteiger partial charge in [-0.25, -0.2) is 0 Å². The van der Waals surface area contributed by atoms with Gasteiger partial charge in [-0.15, -0.1) is 23.7 Å². The minimum absolute atomic E-state index is 0. The second kappa shape index (κ2) is 10.9. The van der Waals surface area contributed by atoms with Crippen molar-refractivity contribution in [1.82, 2.24) is 9.80 Å². The SMILES string of the molecule is CCN1CCc2c(sc(CC(=O)Cc3ccc(Cl)cc3)c2C(=O)N2CCOCC2)C1.Cl.[HH].[HH].[HH].[HH]. The molecule has 0 aliphatic carbocycles. The van der Waals surface area contributed by atoms with Crippen molar-refractivity contribution in [1.29, 1.82) is 0 Å². The lowest BCUT2D eigenvalue weighted by Gasteiger charge is -2.29. The fourth-order valence-electron chi connectivity index (χ4n) is 4.15. The Morgan fingerprint density at radius 2 is 1.84 bits per heavy atom. The van der Waals surface area contributed by atoms with Gasteiger partial charge in [0, 0.05) is 59.5 Å². The van der Waals surface area contributed by atoms with E-state index in [1.165, 1.54) is 4.88 Å². The van der Waals surface area contributed by atoms with E-state index >= 15 is 0 Å². The van der Waals surface area contributed by atoms with Crippen molar-refractivity contribution in [2.75, 3.05) is 39.4 Å². The Morgan fingerprint density at radius 1 is 1.13 bits per heavy atom. The lowest BCUT2D eigenvalue weighted by Crippen LogP contribution is -2.41. The van der Waals surface area contributed by atoms with E-state index in [1.54, 1.807) is 23.5 Å². The first kappa shape index (κ1) is 24.2. The van der Waals surface area contributed by atoms with Crippen molar-refractivity contribution in [3.8, 4) is 0 Å². The quantitative estimate of drug-likeness (QED) is 0.570. The van der Waals surface area contributed by atoms with E-state index in [1.807, 2.05) is 17.0 Å². The first-order valence-electron chi connectivity index (χ1n) is 10.5. The van der Waals surface area contributed by atoms with Crippen molar-refractivity contribution in [2.45, 2.75) is 32.7 Å². The summed E-state index contributed by atoms with van der Waals surface area (Å²) in [5.41, 5.74) is 2.90. The lowest BCUT2D eigenvalue weighted by atomic mass is 9.97. The summed E-state index contributed by atoms with van der Waals surface area (Å²) in [6, 6.07) is 7.39. The number of ketones is 1. The maximum atomic E-state index is 13.4. The second-order valence-electron chi connectivity index (χ2n) is 7.84. The summed E-state index contributed by atoms with van der Waals surface area (Å²) in [5, 5.41) is 0.663. The van der Waals surface area contributed by atoms with Gasteiger partial charge in [0.1, 0.15) is 5.78 Å². The van der Waals surface area contributed by atoms with Gasteiger partial charge in [-0.2, -0.15) is 0 Å². The Hall–Kier alpha value is -1.44. The molecule has 2 aliphatic heterocycles. The van der Waals surface area contributed by atoms with Crippen LogP contribution in [0.15, 0.2) is 24.3 Å². The number of benzene rings is 1. The number of hydrogen-bond acceptors (Lipinski definition) is 5. The van der Waals surface area contributed by atoms with Crippen LogP contribution in [0.4, 0.5) is 0 Å². The van der Waals surface area contributed by atoms with Crippen LogP contribution < -0.4 is 0 Å². The summed E-state index contributed by atoms with van der Waals surface area (Å²) in [6.45, 7) is 7.36. The highest BCUT2D eigenvalue weighted by molar-refractivity contribution is 7.12. The van der Waals surface area contributed by atoms with Crippen LogP contribution in [0.2, 0.25) is 5.02 Å². The third-order valence-corrected chi connectivity index (χ3v) is 7.31. The third-order valence-electron chi connectivity index (χ3n) is 5.84. The van der Waals surface area contributed by atoms with Gasteiger partial charge in [-0.1, -0.05) is 30.7 Å². The minimum Gasteiger partial charge on any atom is -0.378 e. The number of rotatable bonds is 6. The summed E-state index contributed by atoms with van der Waals surface area (Å²) < 4.78 is 5.42. The number of halogens is 2. The largest absolute Gasteiger partial charge is 0.378 e. The van der Waals surface area contributed by atoms with Gasteiger partial charge in [0.25, 0.3) is 5.91 Å². The molecular formula is C23H36Cl2N2O3S. The molecule has 2 aliphatic rings. The van der Waals surface area contributed by atoms with E-state index in [0.717, 1.165) is 47.6 Å². The smallest absolute Gasteiger partial charge is 0.255 e. The molecule has 0 spiro atoms. The maximum absolute atomic E-state index is 13.4. The molecule has 0 radical (unpaired) electrons. The first-order chi connectivity index (χ1) is 14.5. The van der Waals surface area contributed by atoms with E-state index in [0.29, 0.717) is 44.2 Å². The van der Waals surface area contributed by atoms with E-state index in [2.05, 4.69) is 11.8 Å². The molecule has 2 aromatic rings. The van der Waals surface area contributed by atoms with Crippen LogP contribution in [0.5, 0.6) is 0 Å². The van der Waals surface area contributed by atoms with Gasteiger partial charge in [-0.05, 0) is 36.2 Å². The standard InChI is InChI=1S/C23H27ClN2O3S.ClH.4H2/c1-2-25-8-7-19-21(15-25)30-20(22(19)23(28)26-9-11-29-12-10-26)14-18(27)13-16-3-5-17(24)6-4-16;;;;;/h3-6H,2,7-15H2,1H3;5*1H. The average molecular weight is 492 g/mol. The number of morpholine rings is 1. The molecule has 1 aromatic heterocycles. The monoisotopic (exact) mass is 490 g/mol. The van der Waals surface area contributed by atoms with Gasteiger partial charge >= 0.3 is 0 Å². The summed E-state index contributed by atoms with van der Waals surface area (Å²) in [7, 11) is 0. The molecular weight excluding hydrogens is 455 g/mol. The molecule has 1 saturated heterocycles. The molecule has 0 saturated carbocycles. The van der Waals surface area contributed by atoms with Gasteiger partial charge in [-0.3, -0.25) is 14.5 Å². The average Bonchev–Trinajstić information content (AvgIpc) is 3.12. The van der Waals surface area contributed by atoms with E-state index in [4.69, 9.17) is 16.3 Å². The Bertz CT molecular complexity index is 942. The summed E-state index contributed by atoms with van der Waals surface area (Å²) in [4.78, 5) is 32.7. The predicted molar refractivity (Wildman–Crippen MR) is 135 cm³/mol. The van der Waals surface area contributed by atoms with Crippen molar-refractivity contribution in [2.24, 2.45) is 0 Å². The number of likely N-dealkylation sites (N-methyl/N-ethyl adjacent to an activating group) is 1. The van der Waals surface area contributed by atoms with Crippen molar-refractivity contribution < 1.29 is 20.0 Å². The number of thiophene rings is 1. The summed E-state index contributed by atoms with van der Waals surface area (Å²) in [5.74, 6) is 0.189. The molecule has 1 fully saturated rings. The molecule has 5 nitrogen and oxygen atoms in total. The molecule has 8 heteroatoms. The molecule has 0 bridgehead atoms. The number of Topliss-reactive ketones (excluding diaryl/α,β-unsaturated/α-hetero) is 1. The number of nitrogens with zero attached hydrogens (tertiary/aromatic N) is 2. The van der Waals surface area contributed by atoms with Crippen LogP contribution in [0.1, 0.15) is 43.9 Å². The fourth-order valence-corrected chi connectivity index (χ4v) is 5.70. The number of fused-ring (bicyclic) bond motifs is 1. The van der Waals surface area contributed by atoms with Gasteiger partial charge < -0.3 is 9.64 Å². The molecule has 0 unspecified atom stereocenters. The Balaban J connectivity index is 0. The zero-order chi connectivity index (χ0) is 21.1. The highest BCUT2D eigenvalue weighted by Crippen LogP contribution is 2.35. The van der Waals surface area contributed by atoms with Crippen LogP contribution in [-0.2, 0) is 35.3 Å². The fraction of sp³-hybridized carbons (Fsp3) is 0.478. The highest BCUT2D eigenvalue weighted by atomic mass is 35.5. The van der Waals surface area contributed by atoms with Gasteiger partial charge in [0.15, 0.2) is 0 Å². The van der Waals surface area contributed by atoms with Gasteiger partial charge in [0.2, 0.25) is 0 Å². The zero-order valence-electron chi connectivity index (χ0n) is 17.7. The first-order valence-corrected chi connectivity index (χ1v) is 11.7. The van der Waals surface area contributed by atoms with Crippen LogP contribution >= 0.6 is 35.3 Å². The molecule has 4 rings (SSSR count). The molecule has 31 heavy (non-hydrogen) atoms. The van der Waals surface area contributed by atoms with E-state index in [9.17, 15) is 9.59 Å². The van der Waals surface area contributed by atoms with Crippen LogP contribution in [0, 0.1) is 0 Å². The molecule has 176 valence electrons. The Labute approximate surface area is 204 Å². The van der Waals surface area contributed by atoms with Crippen LogP contribution in [0.3, 0.4) is 0 Å². The number of carbonyl (C=O) groups excluding carboxylic acids is 2. The van der Waals surface area contributed by atoms with E-state index < -0.39 is 0 Å². The lowest BCUT2D eigenvalue weighted by molar-refractivity contribution is -0.117. The summed E-state index contributed by atoms with van der Waals surface area (Å²) in [6.07, 6.45) is 1.53. The van der Waals surface area contributed by atoms with Crippen molar-refractivity contribution in [3.05, 3.63) is 55.7 Å². The molecule has 0 N–H and O–H groups in total. The topological polar surface area (TPSA) is 49.9 Å². The molecule has 3 heterocycles. The molecule has 0 atom stereocenters. The van der Waals surface area contributed by atoms with Crippen LogP contribution in [-0.4, -0.2) is 60.9 Å². The Kier molecular flexibility index (Phi) is 8.53. The Morgan fingerprint density at radius 3 is 2.52 bits per heavy atom. The maximum Gasteiger partial charge on any atom is 0.255 e. The van der Waals surface area contributed by atoms with Crippen molar-refractivity contribution in [3.63, 3.8) is 0 Å². The predicted octanol–water partition coefficient (Wildman–Crippen LogP) is 5.01. The normalized spacial score (nSPS) is 16.5. The third kappa shape index (κ3) is 5.68. The van der Waals surface area contributed by atoms with Gasteiger partial charge in [0.05, 0.1) is 18.8 Å². The van der Waals surface area contributed by atoms with Crippen molar-refractivity contribution >= 4 is 47.0 Å². The molecule has 1 aromatic carbocycles. The van der Waals surface area contributed by atoms with E-state index in [-0.39, 0.29) is 29.8 Å². The zero-order valence-corrected chi connectivity index (χ0v) is 20.1. The minimum atomic E-state index is 0. The highest BCUT2D eigenvalue weighted by Gasteiger charge is 2.31. The number of ether oxygens (including phenoxy) is 1. The number of amides is 1.